The number of carbonyl (C=O) groups is 2. The van der Waals surface area contributed by atoms with Crippen molar-refractivity contribution in [1.29, 1.82) is 0 Å². The molecule has 2 N–H and O–H groups in total. The Hall–Kier alpha value is -3.47. The van der Waals surface area contributed by atoms with Crippen LogP contribution < -0.4 is 10.6 Å². The van der Waals surface area contributed by atoms with Gasteiger partial charge >= 0.3 is 0 Å². The Kier molecular flexibility index (Phi) is 5.78. The standard InChI is InChI=1S/C24H23FN2O2/c1-24(2,3)18-8-4-16(5-9-18)22(28)26-20-12-14-21(15-13-20)27-23(29)17-6-10-19(25)11-7-17/h4-15H,1-3H3,(H,26,28)(H,27,29). The molecule has 3 aromatic carbocycles. The van der Waals surface area contributed by atoms with Crippen molar-refractivity contribution < 1.29 is 14.0 Å². The van der Waals surface area contributed by atoms with Gasteiger partial charge < -0.3 is 10.6 Å². The van der Waals surface area contributed by atoms with E-state index < -0.39 is 5.82 Å². The molecule has 0 spiro atoms. The maximum Gasteiger partial charge on any atom is 0.255 e. The number of hydrogen-bond acceptors (Lipinski definition) is 2. The summed E-state index contributed by atoms with van der Waals surface area (Å²) in [6.45, 7) is 6.37. The number of hydrogen-bond donors (Lipinski definition) is 2. The summed E-state index contributed by atoms with van der Waals surface area (Å²) in [5, 5.41) is 5.58. The molecule has 148 valence electrons. The fourth-order valence-electron chi connectivity index (χ4n) is 2.77. The highest BCUT2D eigenvalue weighted by molar-refractivity contribution is 6.05. The molecule has 2 amide bonds. The average molecular weight is 390 g/mol. The van der Waals surface area contributed by atoms with Gasteiger partial charge in [-0.2, -0.15) is 0 Å². The van der Waals surface area contributed by atoms with E-state index in [-0.39, 0.29) is 17.2 Å². The first-order chi connectivity index (χ1) is 13.7. The third-order valence-corrected chi connectivity index (χ3v) is 4.52. The van der Waals surface area contributed by atoms with Crippen LogP contribution in [0.2, 0.25) is 0 Å². The number of nitrogens with one attached hydrogen (secondary N) is 2. The fourth-order valence-corrected chi connectivity index (χ4v) is 2.77. The van der Waals surface area contributed by atoms with Gasteiger partial charge in [0.1, 0.15) is 5.82 Å². The molecule has 0 heterocycles. The predicted molar refractivity (Wildman–Crippen MR) is 114 cm³/mol. The van der Waals surface area contributed by atoms with Crippen LogP contribution in [0.5, 0.6) is 0 Å². The minimum Gasteiger partial charge on any atom is -0.322 e. The molecule has 0 fully saturated rings. The van der Waals surface area contributed by atoms with Crippen LogP contribution in [0.4, 0.5) is 15.8 Å². The maximum absolute atomic E-state index is 13.0. The monoisotopic (exact) mass is 390 g/mol. The summed E-state index contributed by atoms with van der Waals surface area (Å²) in [5.74, 6) is -0.927. The van der Waals surface area contributed by atoms with E-state index in [0.717, 1.165) is 5.56 Å². The largest absolute Gasteiger partial charge is 0.322 e. The Morgan fingerprint density at radius 1 is 0.655 bits per heavy atom. The molecular formula is C24H23FN2O2. The van der Waals surface area contributed by atoms with Gasteiger partial charge in [0.25, 0.3) is 11.8 Å². The van der Waals surface area contributed by atoms with E-state index >= 15 is 0 Å². The molecule has 3 rings (SSSR count). The Bertz CT molecular complexity index is 1000. The first kappa shape index (κ1) is 20.3. The van der Waals surface area contributed by atoms with Gasteiger partial charge in [0.15, 0.2) is 0 Å². The van der Waals surface area contributed by atoms with Crippen LogP contribution in [0.15, 0.2) is 72.8 Å². The quantitative estimate of drug-likeness (QED) is 0.607. The molecule has 0 bridgehead atoms. The summed E-state index contributed by atoms with van der Waals surface area (Å²) in [5.41, 5.74) is 3.33. The molecular weight excluding hydrogens is 367 g/mol. The lowest BCUT2D eigenvalue weighted by Gasteiger charge is -2.19. The number of rotatable bonds is 4. The Morgan fingerprint density at radius 3 is 1.41 bits per heavy atom. The zero-order valence-corrected chi connectivity index (χ0v) is 16.6. The first-order valence-electron chi connectivity index (χ1n) is 9.31. The molecule has 0 aliphatic rings. The van der Waals surface area contributed by atoms with Crippen LogP contribution >= 0.6 is 0 Å². The van der Waals surface area contributed by atoms with E-state index in [2.05, 4.69) is 31.4 Å². The van der Waals surface area contributed by atoms with Gasteiger partial charge in [0.05, 0.1) is 0 Å². The maximum atomic E-state index is 13.0. The normalized spacial score (nSPS) is 11.0. The number of halogens is 1. The highest BCUT2D eigenvalue weighted by atomic mass is 19.1. The molecule has 0 atom stereocenters. The lowest BCUT2D eigenvalue weighted by Crippen LogP contribution is -2.14. The van der Waals surface area contributed by atoms with Gasteiger partial charge in [-0.05, 0) is 71.6 Å². The zero-order valence-electron chi connectivity index (χ0n) is 16.6. The Balaban J connectivity index is 1.62. The number of benzene rings is 3. The van der Waals surface area contributed by atoms with Crippen molar-refractivity contribution in [2.24, 2.45) is 0 Å². The van der Waals surface area contributed by atoms with E-state index in [9.17, 15) is 14.0 Å². The van der Waals surface area contributed by atoms with Gasteiger partial charge in [0, 0.05) is 22.5 Å². The van der Waals surface area contributed by atoms with E-state index in [0.29, 0.717) is 22.5 Å². The summed E-state index contributed by atoms with van der Waals surface area (Å²) in [6, 6.07) is 19.7. The van der Waals surface area contributed by atoms with Crippen LogP contribution in [0.1, 0.15) is 47.1 Å². The van der Waals surface area contributed by atoms with Gasteiger partial charge in [-0.25, -0.2) is 4.39 Å². The van der Waals surface area contributed by atoms with Gasteiger partial charge in [-0.1, -0.05) is 32.9 Å². The number of anilines is 2. The highest BCUT2D eigenvalue weighted by Crippen LogP contribution is 2.22. The van der Waals surface area contributed by atoms with E-state index in [4.69, 9.17) is 0 Å². The Labute approximate surface area is 169 Å². The molecule has 0 saturated heterocycles. The van der Waals surface area contributed by atoms with Crippen molar-refractivity contribution in [3.63, 3.8) is 0 Å². The minimum atomic E-state index is -0.394. The second-order valence-electron chi connectivity index (χ2n) is 7.82. The fraction of sp³-hybridized carbons (Fsp3) is 0.167. The van der Waals surface area contributed by atoms with Crippen LogP contribution in [0.3, 0.4) is 0 Å². The van der Waals surface area contributed by atoms with Crippen molar-refractivity contribution in [2.75, 3.05) is 10.6 Å². The number of carbonyl (C=O) groups excluding carboxylic acids is 2. The molecule has 0 aliphatic carbocycles. The molecule has 5 heteroatoms. The van der Waals surface area contributed by atoms with Crippen molar-refractivity contribution in [2.45, 2.75) is 26.2 Å². The summed E-state index contributed by atoms with van der Waals surface area (Å²) in [7, 11) is 0. The third kappa shape index (κ3) is 5.29. The van der Waals surface area contributed by atoms with Gasteiger partial charge in [-0.15, -0.1) is 0 Å². The molecule has 0 aliphatic heterocycles. The highest BCUT2D eigenvalue weighted by Gasteiger charge is 2.14. The third-order valence-electron chi connectivity index (χ3n) is 4.52. The number of amides is 2. The van der Waals surface area contributed by atoms with E-state index in [1.807, 2.05) is 24.3 Å². The minimum absolute atomic E-state index is 0.0309. The summed E-state index contributed by atoms with van der Waals surface area (Å²) >= 11 is 0. The summed E-state index contributed by atoms with van der Waals surface area (Å²) in [6.07, 6.45) is 0. The average Bonchev–Trinajstić information content (AvgIpc) is 2.69. The van der Waals surface area contributed by atoms with Crippen molar-refractivity contribution in [1.82, 2.24) is 0 Å². The molecule has 3 aromatic rings. The second-order valence-corrected chi connectivity index (χ2v) is 7.82. The predicted octanol–water partition coefficient (Wildman–Crippen LogP) is 5.63. The van der Waals surface area contributed by atoms with Crippen molar-refractivity contribution in [3.05, 3.63) is 95.3 Å². The molecule has 0 unspecified atom stereocenters. The zero-order chi connectivity index (χ0) is 21.0. The smallest absolute Gasteiger partial charge is 0.255 e. The molecule has 0 saturated carbocycles. The molecule has 29 heavy (non-hydrogen) atoms. The van der Waals surface area contributed by atoms with Crippen LogP contribution in [0, 0.1) is 5.82 Å². The molecule has 0 radical (unpaired) electrons. The lowest BCUT2D eigenvalue weighted by atomic mass is 9.87. The Morgan fingerprint density at radius 2 is 1.03 bits per heavy atom. The lowest BCUT2D eigenvalue weighted by molar-refractivity contribution is 0.101. The van der Waals surface area contributed by atoms with Crippen LogP contribution in [-0.2, 0) is 5.41 Å². The SMILES string of the molecule is CC(C)(C)c1ccc(C(=O)Nc2ccc(NC(=O)c3ccc(F)cc3)cc2)cc1. The van der Waals surface area contributed by atoms with Gasteiger partial charge in [0.2, 0.25) is 0 Å². The summed E-state index contributed by atoms with van der Waals surface area (Å²) < 4.78 is 13.0. The van der Waals surface area contributed by atoms with Crippen molar-refractivity contribution >= 4 is 23.2 Å². The van der Waals surface area contributed by atoms with Crippen LogP contribution in [-0.4, -0.2) is 11.8 Å². The second kappa shape index (κ2) is 8.27. The van der Waals surface area contributed by atoms with Gasteiger partial charge in [-0.3, -0.25) is 9.59 Å². The molecule has 4 nitrogen and oxygen atoms in total. The first-order valence-corrected chi connectivity index (χ1v) is 9.31. The van der Waals surface area contributed by atoms with E-state index in [1.54, 1.807) is 24.3 Å². The van der Waals surface area contributed by atoms with E-state index in [1.165, 1.54) is 24.3 Å². The summed E-state index contributed by atoms with van der Waals surface area (Å²) in [4.78, 5) is 24.6. The topological polar surface area (TPSA) is 58.2 Å². The van der Waals surface area contributed by atoms with Crippen molar-refractivity contribution in [3.8, 4) is 0 Å². The van der Waals surface area contributed by atoms with Crippen LogP contribution in [0.25, 0.3) is 0 Å². The molecule has 0 aromatic heterocycles.